The first-order valence-electron chi connectivity index (χ1n) is 8.51. The Kier molecular flexibility index (Phi) is 4.79. The van der Waals surface area contributed by atoms with Gasteiger partial charge in [-0.25, -0.2) is 18.6 Å². The number of ether oxygens (including phenoxy) is 1. The smallest absolute Gasteiger partial charge is 0.323 e. The molecular formula is C19H15F2N5O2. The normalized spacial score (nSPS) is 13.7. The summed E-state index contributed by atoms with van der Waals surface area (Å²) in [5.41, 5.74) is 0.193. The Labute approximate surface area is 159 Å². The van der Waals surface area contributed by atoms with Crippen LogP contribution in [0.5, 0.6) is 5.88 Å². The van der Waals surface area contributed by atoms with Crippen LogP contribution in [0.4, 0.5) is 19.4 Å². The van der Waals surface area contributed by atoms with Gasteiger partial charge in [-0.1, -0.05) is 6.07 Å². The molecule has 1 saturated heterocycles. The van der Waals surface area contributed by atoms with E-state index < -0.39 is 11.6 Å². The average molecular weight is 383 g/mol. The number of nitrogens with zero attached hydrogens (tertiary/aromatic N) is 4. The fourth-order valence-electron chi connectivity index (χ4n) is 2.78. The molecule has 4 rings (SSSR count). The van der Waals surface area contributed by atoms with Gasteiger partial charge in [0.15, 0.2) is 5.82 Å². The van der Waals surface area contributed by atoms with Crippen molar-refractivity contribution in [1.82, 2.24) is 20.1 Å². The van der Waals surface area contributed by atoms with E-state index >= 15 is 0 Å². The van der Waals surface area contributed by atoms with Gasteiger partial charge in [0, 0.05) is 24.0 Å². The monoisotopic (exact) mass is 383 g/mol. The Morgan fingerprint density at radius 1 is 1.11 bits per heavy atom. The number of urea groups is 1. The van der Waals surface area contributed by atoms with Gasteiger partial charge in [-0.2, -0.15) is 5.10 Å². The van der Waals surface area contributed by atoms with Crippen molar-refractivity contribution < 1.29 is 18.3 Å². The van der Waals surface area contributed by atoms with Crippen LogP contribution < -0.4 is 10.1 Å². The maximum Gasteiger partial charge on any atom is 0.323 e. The molecule has 1 fully saturated rings. The maximum absolute atomic E-state index is 13.8. The highest BCUT2D eigenvalue weighted by Gasteiger charge is 2.32. The van der Waals surface area contributed by atoms with Crippen LogP contribution in [0.25, 0.3) is 11.1 Å². The second-order valence-electron chi connectivity index (χ2n) is 6.17. The molecule has 1 aliphatic rings. The van der Waals surface area contributed by atoms with Crippen LogP contribution >= 0.6 is 0 Å². The number of anilines is 1. The first kappa shape index (κ1) is 17.8. The molecule has 142 valence electrons. The number of hydrogen-bond donors (Lipinski definition) is 1. The van der Waals surface area contributed by atoms with Crippen LogP contribution in [0.2, 0.25) is 0 Å². The minimum absolute atomic E-state index is 0.128. The topological polar surface area (TPSA) is 80.2 Å². The molecule has 28 heavy (non-hydrogen) atoms. The number of rotatable bonds is 4. The van der Waals surface area contributed by atoms with Crippen molar-refractivity contribution in [3.05, 3.63) is 66.5 Å². The summed E-state index contributed by atoms with van der Waals surface area (Å²) in [6.45, 7) is 0.773. The highest BCUT2D eigenvalue weighted by atomic mass is 19.1. The lowest BCUT2D eigenvalue weighted by atomic mass is 10.1. The largest absolute Gasteiger partial charge is 0.471 e. The van der Waals surface area contributed by atoms with Gasteiger partial charge in [-0.3, -0.25) is 5.32 Å². The van der Waals surface area contributed by atoms with Crippen molar-refractivity contribution >= 4 is 11.8 Å². The highest BCUT2D eigenvalue weighted by Crippen LogP contribution is 2.27. The minimum Gasteiger partial charge on any atom is -0.471 e. The van der Waals surface area contributed by atoms with Crippen molar-refractivity contribution in [3.63, 3.8) is 0 Å². The lowest BCUT2D eigenvalue weighted by Crippen LogP contribution is -2.57. The van der Waals surface area contributed by atoms with Crippen LogP contribution in [0.3, 0.4) is 0 Å². The summed E-state index contributed by atoms with van der Waals surface area (Å²) >= 11 is 0. The quantitative estimate of drug-likeness (QED) is 0.749. The molecule has 0 saturated carbocycles. The number of amides is 2. The molecule has 1 N–H and O–H groups in total. The number of benzene rings is 1. The molecule has 0 spiro atoms. The van der Waals surface area contributed by atoms with E-state index in [1.807, 2.05) is 0 Å². The lowest BCUT2D eigenvalue weighted by molar-refractivity contribution is 0.0461. The van der Waals surface area contributed by atoms with Gasteiger partial charge in [0.2, 0.25) is 5.88 Å². The molecule has 0 unspecified atom stereocenters. The van der Waals surface area contributed by atoms with E-state index in [4.69, 9.17) is 4.74 Å². The number of aromatic nitrogens is 3. The van der Waals surface area contributed by atoms with Crippen molar-refractivity contribution in [2.75, 3.05) is 18.4 Å². The number of likely N-dealkylation sites (tertiary alicyclic amines) is 1. The van der Waals surface area contributed by atoms with E-state index in [0.717, 1.165) is 0 Å². The van der Waals surface area contributed by atoms with Crippen molar-refractivity contribution in [3.8, 4) is 17.0 Å². The van der Waals surface area contributed by atoms with E-state index in [-0.39, 0.29) is 17.7 Å². The zero-order chi connectivity index (χ0) is 19.5. The van der Waals surface area contributed by atoms with E-state index in [0.29, 0.717) is 30.4 Å². The SMILES string of the molecule is O=C(Nc1cccnn1)N1CC(Oc2ccc(-c3c(F)cccc3F)cn2)C1. The molecule has 1 aliphatic heterocycles. The summed E-state index contributed by atoms with van der Waals surface area (Å²) in [7, 11) is 0. The summed E-state index contributed by atoms with van der Waals surface area (Å²) in [4.78, 5) is 17.7. The lowest BCUT2D eigenvalue weighted by Gasteiger charge is -2.38. The third kappa shape index (κ3) is 3.73. The zero-order valence-electron chi connectivity index (χ0n) is 14.5. The maximum atomic E-state index is 13.8. The Bertz CT molecular complexity index is 959. The van der Waals surface area contributed by atoms with Crippen molar-refractivity contribution in [2.45, 2.75) is 6.10 Å². The molecule has 0 radical (unpaired) electrons. The van der Waals surface area contributed by atoms with Crippen molar-refractivity contribution in [2.24, 2.45) is 0 Å². The van der Waals surface area contributed by atoms with E-state index in [2.05, 4.69) is 20.5 Å². The fourth-order valence-corrected chi connectivity index (χ4v) is 2.78. The van der Waals surface area contributed by atoms with Gasteiger partial charge in [0.25, 0.3) is 0 Å². The summed E-state index contributed by atoms with van der Waals surface area (Å²) in [6, 6.07) is 9.80. The first-order valence-corrected chi connectivity index (χ1v) is 8.51. The molecular weight excluding hydrogens is 368 g/mol. The number of hydrogen-bond acceptors (Lipinski definition) is 5. The van der Waals surface area contributed by atoms with Gasteiger partial charge >= 0.3 is 6.03 Å². The number of halogens is 2. The van der Waals surface area contributed by atoms with Gasteiger partial charge in [0.1, 0.15) is 17.7 Å². The Morgan fingerprint density at radius 2 is 1.89 bits per heavy atom. The average Bonchev–Trinajstić information content (AvgIpc) is 2.66. The van der Waals surface area contributed by atoms with Gasteiger partial charge in [0.05, 0.1) is 18.7 Å². The molecule has 3 heterocycles. The minimum atomic E-state index is -0.653. The third-order valence-corrected chi connectivity index (χ3v) is 4.22. The second-order valence-corrected chi connectivity index (χ2v) is 6.17. The molecule has 7 nitrogen and oxygen atoms in total. The zero-order valence-corrected chi connectivity index (χ0v) is 14.5. The molecule has 2 amide bonds. The summed E-state index contributed by atoms with van der Waals surface area (Å²) in [5.74, 6) is -0.618. The van der Waals surface area contributed by atoms with Gasteiger partial charge < -0.3 is 9.64 Å². The molecule has 2 aromatic heterocycles. The Hall–Kier alpha value is -3.62. The summed E-state index contributed by atoms with van der Waals surface area (Å²) in [5, 5.41) is 10.1. The van der Waals surface area contributed by atoms with Crippen LogP contribution in [-0.4, -0.2) is 45.3 Å². The molecule has 3 aromatic rings. The van der Waals surface area contributed by atoms with E-state index in [9.17, 15) is 13.6 Å². The summed E-state index contributed by atoms with van der Waals surface area (Å²) < 4.78 is 33.4. The molecule has 0 atom stereocenters. The predicted octanol–water partition coefficient (Wildman–Crippen LogP) is 3.11. The number of pyridine rings is 1. The predicted molar refractivity (Wildman–Crippen MR) is 96.6 cm³/mol. The molecule has 9 heteroatoms. The van der Waals surface area contributed by atoms with Crippen LogP contribution in [0.1, 0.15) is 0 Å². The third-order valence-electron chi connectivity index (χ3n) is 4.22. The number of carbonyl (C=O) groups is 1. The second kappa shape index (κ2) is 7.55. The van der Waals surface area contributed by atoms with Gasteiger partial charge in [-0.15, -0.1) is 5.10 Å². The van der Waals surface area contributed by atoms with Crippen LogP contribution in [0.15, 0.2) is 54.9 Å². The highest BCUT2D eigenvalue weighted by molar-refractivity contribution is 5.88. The number of nitrogens with one attached hydrogen (secondary N) is 1. The number of carbonyl (C=O) groups excluding carboxylic acids is 1. The fraction of sp³-hybridized carbons (Fsp3) is 0.158. The Balaban J connectivity index is 1.32. The Morgan fingerprint density at radius 3 is 2.54 bits per heavy atom. The molecule has 0 bridgehead atoms. The van der Waals surface area contributed by atoms with Crippen molar-refractivity contribution in [1.29, 1.82) is 0 Å². The van der Waals surface area contributed by atoms with Crippen LogP contribution in [-0.2, 0) is 0 Å². The first-order chi connectivity index (χ1) is 13.6. The summed E-state index contributed by atoms with van der Waals surface area (Å²) in [6.07, 6.45) is 2.66. The van der Waals surface area contributed by atoms with E-state index in [1.54, 1.807) is 29.2 Å². The van der Waals surface area contributed by atoms with Crippen LogP contribution in [0, 0.1) is 11.6 Å². The van der Waals surface area contributed by atoms with Gasteiger partial charge in [-0.05, 0) is 30.3 Å². The molecule has 0 aliphatic carbocycles. The van der Waals surface area contributed by atoms with E-state index in [1.165, 1.54) is 30.6 Å². The standard InChI is InChI=1S/C19H15F2N5O2/c20-14-3-1-4-15(21)18(14)12-6-7-17(22-9-12)28-13-10-26(11-13)19(27)24-16-5-2-8-23-25-16/h1-9,13H,10-11H2,(H,24,25,27). The molecule has 1 aromatic carbocycles.